The van der Waals surface area contributed by atoms with Crippen LogP contribution in [0.3, 0.4) is 0 Å². The lowest BCUT2D eigenvalue weighted by Crippen LogP contribution is -2.28. The molecule has 0 N–H and O–H groups in total. The van der Waals surface area contributed by atoms with E-state index in [4.69, 9.17) is 9.72 Å². The Bertz CT molecular complexity index is 1180. The van der Waals surface area contributed by atoms with Crippen molar-refractivity contribution in [2.45, 2.75) is 23.9 Å². The first kappa shape index (κ1) is 18.7. The summed E-state index contributed by atoms with van der Waals surface area (Å²) in [5, 5.41) is 3.82. The van der Waals surface area contributed by atoms with Crippen LogP contribution in [0.5, 0.6) is 0 Å². The van der Waals surface area contributed by atoms with Gasteiger partial charge in [0.15, 0.2) is 5.16 Å². The van der Waals surface area contributed by atoms with Crippen molar-refractivity contribution in [2.24, 2.45) is 0 Å². The number of hydrogen-bond donors (Lipinski definition) is 0. The molecule has 5 heteroatoms. The highest BCUT2D eigenvalue weighted by molar-refractivity contribution is 7.98. The van der Waals surface area contributed by atoms with Crippen LogP contribution in [0, 0.1) is 0 Å². The average molecular weight is 391 g/mol. The van der Waals surface area contributed by atoms with E-state index < -0.39 is 0 Å². The average Bonchev–Trinajstić information content (AvgIpc) is 2.72. The van der Waals surface area contributed by atoms with E-state index in [0.29, 0.717) is 12.0 Å². The second-order valence-corrected chi connectivity index (χ2v) is 7.76. The van der Waals surface area contributed by atoms with Crippen LogP contribution in [0.4, 0.5) is 0 Å². The Hall–Kier alpha value is -2.63. The predicted molar refractivity (Wildman–Crippen MR) is 116 cm³/mol. The van der Waals surface area contributed by atoms with Crippen molar-refractivity contribution < 1.29 is 4.74 Å². The molecule has 0 amide bonds. The number of rotatable bonds is 6. The third-order valence-electron chi connectivity index (χ3n) is 4.86. The maximum atomic E-state index is 13.1. The van der Waals surface area contributed by atoms with Crippen LogP contribution in [0.2, 0.25) is 0 Å². The van der Waals surface area contributed by atoms with E-state index in [1.165, 1.54) is 16.3 Å². The van der Waals surface area contributed by atoms with Gasteiger partial charge in [-0.25, -0.2) is 4.98 Å². The first-order chi connectivity index (χ1) is 13.7. The Kier molecular flexibility index (Phi) is 5.46. The lowest BCUT2D eigenvalue weighted by molar-refractivity contribution is 0.156. The molecule has 4 rings (SSSR count). The van der Waals surface area contributed by atoms with Crippen LogP contribution < -0.4 is 5.56 Å². The van der Waals surface area contributed by atoms with Crippen LogP contribution >= 0.6 is 11.8 Å². The van der Waals surface area contributed by atoms with E-state index in [0.717, 1.165) is 16.4 Å². The first-order valence-corrected chi connectivity index (χ1v) is 10.3. The van der Waals surface area contributed by atoms with Crippen molar-refractivity contribution >= 4 is 33.4 Å². The molecule has 1 unspecified atom stereocenters. The monoisotopic (exact) mass is 390 g/mol. The summed E-state index contributed by atoms with van der Waals surface area (Å²) >= 11 is 1.59. The van der Waals surface area contributed by atoms with Crippen molar-refractivity contribution in [1.82, 2.24) is 9.55 Å². The summed E-state index contributed by atoms with van der Waals surface area (Å²) in [6.07, 6.45) is 0. The van der Waals surface area contributed by atoms with Gasteiger partial charge < -0.3 is 4.74 Å². The second-order valence-electron chi connectivity index (χ2n) is 6.82. The maximum Gasteiger partial charge on any atom is 0.262 e. The number of fused-ring (bicyclic) bond motifs is 2. The molecule has 4 nitrogen and oxygen atoms in total. The normalized spacial score (nSPS) is 12.5. The smallest absolute Gasteiger partial charge is 0.262 e. The molecule has 142 valence electrons. The lowest BCUT2D eigenvalue weighted by atomic mass is 10.1. The van der Waals surface area contributed by atoms with Gasteiger partial charge in [0, 0.05) is 12.9 Å². The van der Waals surface area contributed by atoms with Gasteiger partial charge >= 0.3 is 0 Å². The fraction of sp³-hybridized carbons (Fsp3) is 0.217. The van der Waals surface area contributed by atoms with Crippen molar-refractivity contribution in [1.29, 1.82) is 0 Å². The summed E-state index contributed by atoms with van der Waals surface area (Å²) in [4.78, 5) is 17.9. The topological polar surface area (TPSA) is 44.1 Å². The van der Waals surface area contributed by atoms with Gasteiger partial charge in [0.1, 0.15) is 0 Å². The van der Waals surface area contributed by atoms with Gasteiger partial charge in [-0.1, -0.05) is 66.4 Å². The van der Waals surface area contributed by atoms with Crippen LogP contribution in [0.15, 0.2) is 76.7 Å². The Labute approximate surface area is 168 Å². The minimum Gasteiger partial charge on any atom is -0.383 e. The van der Waals surface area contributed by atoms with Gasteiger partial charge in [-0.3, -0.25) is 9.36 Å². The molecule has 3 aromatic carbocycles. The van der Waals surface area contributed by atoms with E-state index in [2.05, 4.69) is 36.4 Å². The summed E-state index contributed by atoms with van der Waals surface area (Å²) < 4.78 is 7.07. The number of methoxy groups -OCH3 is 1. The molecule has 0 saturated carbocycles. The Morgan fingerprint density at radius 3 is 2.54 bits per heavy atom. The van der Waals surface area contributed by atoms with Crippen molar-refractivity contribution in [3.63, 3.8) is 0 Å². The fourth-order valence-electron chi connectivity index (χ4n) is 3.49. The van der Waals surface area contributed by atoms with Crippen molar-refractivity contribution in [2.75, 3.05) is 13.7 Å². The molecule has 0 aliphatic carbocycles. The summed E-state index contributed by atoms with van der Waals surface area (Å²) in [7, 11) is 1.65. The van der Waals surface area contributed by atoms with Crippen molar-refractivity contribution in [3.8, 4) is 0 Å². The predicted octanol–water partition coefficient (Wildman–Crippen LogP) is 5.05. The van der Waals surface area contributed by atoms with Gasteiger partial charge in [0.05, 0.1) is 23.6 Å². The van der Waals surface area contributed by atoms with Crippen molar-refractivity contribution in [3.05, 3.63) is 82.6 Å². The summed E-state index contributed by atoms with van der Waals surface area (Å²) in [6.45, 7) is 2.45. The summed E-state index contributed by atoms with van der Waals surface area (Å²) in [5.41, 5.74) is 1.95. The number of aromatic nitrogens is 2. The number of nitrogens with zero attached hydrogens (tertiary/aromatic N) is 2. The highest BCUT2D eigenvalue weighted by atomic mass is 32.2. The minimum absolute atomic E-state index is 0.0180. The second kappa shape index (κ2) is 8.17. The van der Waals surface area contributed by atoms with E-state index in [9.17, 15) is 4.79 Å². The molecule has 4 aromatic rings. The highest BCUT2D eigenvalue weighted by Crippen LogP contribution is 2.28. The van der Waals surface area contributed by atoms with Gasteiger partial charge in [-0.2, -0.15) is 0 Å². The quantitative estimate of drug-likeness (QED) is 0.341. The molecule has 0 aliphatic rings. The number of benzene rings is 3. The van der Waals surface area contributed by atoms with E-state index in [1.54, 1.807) is 23.4 Å². The van der Waals surface area contributed by atoms with E-state index in [-0.39, 0.29) is 11.6 Å². The molecular weight excluding hydrogens is 368 g/mol. The number of hydrogen-bond acceptors (Lipinski definition) is 4. The molecule has 28 heavy (non-hydrogen) atoms. The number of para-hydroxylation sites is 1. The molecule has 0 aliphatic heterocycles. The molecule has 1 aromatic heterocycles. The molecule has 1 atom stereocenters. The zero-order valence-electron chi connectivity index (χ0n) is 16.0. The van der Waals surface area contributed by atoms with Gasteiger partial charge in [-0.15, -0.1) is 0 Å². The molecule has 0 spiro atoms. The van der Waals surface area contributed by atoms with Crippen LogP contribution in [-0.2, 0) is 10.5 Å². The molecule has 0 radical (unpaired) electrons. The molecule has 0 bridgehead atoms. The van der Waals surface area contributed by atoms with Gasteiger partial charge in [0.25, 0.3) is 5.56 Å². The lowest BCUT2D eigenvalue weighted by Gasteiger charge is -2.19. The standard InChI is InChI=1S/C23H22N2O2S/c1-16(14-27-2)25-22(26)20-12-5-6-13-21(20)24-23(25)28-15-18-10-7-9-17-8-3-4-11-19(17)18/h3-13,16H,14-15H2,1-2H3. The number of ether oxygens (including phenoxy) is 1. The third-order valence-corrected chi connectivity index (χ3v) is 5.86. The molecular formula is C23H22N2O2S. The van der Waals surface area contributed by atoms with Crippen LogP contribution in [0.1, 0.15) is 18.5 Å². The van der Waals surface area contributed by atoms with E-state index in [1.807, 2.05) is 37.3 Å². The largest absolute Gasteiger partial charge is 0.383 e. The Morgan fingerprint density at radius 1 is 1.00 bits per heavy atom. The zero-order valence-corrected chi connectivity index (χ0v) is 16.8. The Balaban J connectivity index is 1.76. The molecule has 1 heterocycles. The van der Waals surface area contributed by atoms with Gasteiger partial charge in [0.2, 0.25) is 0 Å². The third kappa shape index (κ3) is 3.55. The summed E-state index contributed by atoms with van der Waals surface area (Å²) in [5.74, 6) is 0.742. The molecule has 0 saturated heterocycles. The minimum atomic E-state index is -0.0929. The number of thioether (sulfide) groups is 1. The van der Waals surface area contributed by atoms with E-state index >= 15 is 0 Å². The highest BCUT2D eigenvalue weighted by Gasteiger charge is 2.17. The zero-order chi connectivity index (χ0) is 19.5. The fourth-order valence-corrected chi connectivity index (χ4v) is 4.59. The first-order valence-electron chi connectivity index (χ1n) is 9.28. The Morgan fingerprint density at radius 2 is 1.71 bits per heavy atom. The van der Waals surface area contributed by atoms with Crippen LogP contribution in [0.25, 0.3) is 21.7 Å². The maximum absolute atomic E-state index is 13.1. The molecule has 0 fully saturated rings. The SMILES string of the molecule is COCC(C)n1c(SCc2cccc3ccccc23)nc2ccccc2c1=O. The van der Waals surface area contributed by atoms with Gasteiger partial charge in [-0.05, 0) is 35.4 Å². The summed E-state index contributed by atoms with van der Waals surface area (Å²) in [6, 6.07) is 22.1. The van der Waals surface area contributed by atoms with Crippen LogP contribution in [-0.4, -0.2) is 23.3 Å².